The predicted octanol–water partition coefficient (Wildman–Crippen LogP) is 6.23. The van der Waals surface area contributed by atoms with Crippen molar-refractivity contribution in [2.45, 2.75) is 162 Å². The highest BCUT2D eigenvalue weighted by Gasteiger charge is 2.21. The first kappa shape index (κ1) is 54.4. The molecule has 0 radical (unpaired) electrons. The van der Waals surface area contributed by atoms with Gasteiger partial charge in [0.15, 0.2) is 0 Å². The Bertz CT molecular complexity index is 733. The van der Waals surface area contributed by atoms with Gasteiger partial charge in [-0.05, 0) is 51.0 Å². The number of thiol groups is 2. The molecule has 0 heterocycles. The van der Waals surface area contributed by atoms with E-state index < -0.39 is 30.0 Å². The fourth-order valence-electron chi connectivity index (χ4n) is 3.84. The molecule has 0 aliphatic carbocycles. The summed E-state index contributed by atoms with van der Waals surface area (Å²) < 4.78 is 0. The third-order valence-corrected chi connectivity index (χ3v) is 6.58. The SMILES string of the molecule is CC.CCCC.CS.CS.NNC(CCCCNC(=O)CCC(NC(=O)CCCCCCCCCCCCC(=O)O)C(=O)O)C(=O)O. The van der Waals surface area contributed by atoms with Crippen LogP contribution in [0.2, 0.25) is 0 Å². The topological polar surface area (TPSA) is 208 Å². The van der Waals surface area contributed by atoms with E-state index in [9.17, 15) is 29.1 Å². The van der Waals surface area contributed by atoms with Crippen molar-refractivity contribution in [1.82, 2.24) is 16.1 Å². The average molecular weight is 715 g/mol. The minimum Gasteiger partial charge on any atom is -0.481 e. The van der Waals surface area contributed by atoms with Crippen molar-refractivity contribution in [3.8, 4) is 0 Å². The molecule has 47 heavy (non-hydrogen) atoms. The summed E-state index contributed by atoms with van der Waals surface area (Å²) in [6.07, 6.45) is 17.6. The van der Waals surface area contributed by atoms with E-state index in [1.165, 1.54) is 12.8 Å². The van der Waals surface area contributed by atoms with Crippen molar-refractivity contribution in [1.29, 1.82) is 0 Å². The van der Waals surface area contributed by atoms with Crippen LogP contribution in [0.4, 0.5) is 0 Å². The second-order valence-electron chi connectivity index (χ2n) is 10.3. The van der Waals surface area contributed by atoms with E-state index in [4.69, 9.17) is 16.1 Å². The monoisotopic (exact) mass is 714 g/mol. The molecule has 0 aromatic heterocycles. The molecule has 2 unspecified atom stereocenters. The highest BCUT2D eigenvalue weighted by Crippen LogP contribution is 2.12. The van der Waals surface area contributed by atoms with Gasteiger partial charge in [-0.15, -0.1) is 0 Å². The normalized spacial score (nSPS) is 10.8. The summed E-state index contributed by atoms with van der Waals surface area (Å²) in [5.41, 5.74) is 2.21. The molecule has 12 nitrogen and oxygen atoms in total. The van der Waals surface area contributed by atoms with Gasteiger partial charge in [-0.25, -0.2) is 10.2 Å². The number of hydrogen-bond acceptors (Lipinski definition) is 9. The van der Waals surface area contributed by atoms with Crippen LogP contribution in [0.1, 0.15) is 150 Å². The Hall–Kier alpha value is -2.03. The van der Waals surface area contributed by atoms with E-state index in [1.54, 1.807) is 12.5 Å². The second-order valence-corrected chi connectivity index (χ2v) is 10.3. The average Bonchev–Trinajstić information content (AvgIpc) is 3.07. The van der Waals surface area contributed by atoms with Crippen molar-refractivity contribution in [3.05, 3.63) is 0 Å². The van der Waals surface area contributed by atoms with Crippen molar-refractivity contribution >= 4 is 55.0 Å². The molecule has 0 aliphatic heterocycles. The highest BCUT2D eigenvalue weighted by atomic mass is 32.1. The summed E-state index contributed by atoms with van der Waals surface area (Å²) >= 11 is 7.06. The van der Waals surface area contributed by atoms with Gasteiger partial charge in [0.25, 0.3) is 0 Å². The maximum atomic E-state index is 12.1. The van der Waals surface area contributed by atoms with Crippen molar-refractivity contribution in [2.24, 2.45) is 5.84 Å². The zero-order valence-electron chi connectivity index (χ0n) is 30.2. The zero-order valence-corrected chi connectivity index (χ0v) is 31.9. The highest BCUT2D eigenvalue weighted by molar-refractivity contribution is 7.79. The van der Waals surface area contributed by atoms with Crippen LogP contribution >= 0.6 is 25.3 Å². The first-order chi connectivity index (χ1) is 22.6. The molecule has 8 N–H and O–H groups in total. The third-order valence-electron chi connectivity index (χ3n) is 6.58. The van der Waals surface area contributed by atoms with Gasteiger partial charge in [-0.1, -0.05) is 91.9 Å². The number of hydrogen-bond donors (Lipinski definition) is 9. The fraction of sp³-hybridized carbons (Fsp3) is 0.848. The first-order valence-electron chi connectivity index (χ1n) is 17.2. The maximum absolute atomic E-state index is 12.1. The fourth-order valence-corrected chi connectivity index (χ4v) is 3.84. The molecule has 282 valence electrons. The largest absolute Gasteiger partial charge is 0.481 e. The summed E-state index contributed by atoms with van der Waals surface area (Å²) in [6.45, 7) is 8.70. The molecule has 0 aromatic rings. The van der Waals surface area contributed by atoms with Crippen molar-refractivity contribution < 1.29 is 39.3 Å². The van der Waals surface area contributed by atoms with Gasteiger partial charge in [0.1, 0.15) is 12.1 Å². The van der Waals surface area contributed by atoms with Crippen LogP contribution in [0.25, 0.3) is 0 Å². The molecule has 14 heteroatoms. The molecule has 0 saturated carbocycles. The summed E-state index contributed by atoms with van der Waals surface area (Å²) in [5, 5.41) is 32.0. The minimum atomic E-state index is -1.18. The van der Waals surface area contributed by atoms with E-state index in [1.807, 2.05) is 13.8 Å². The number of unbranched alkanes of at least 4 members (excludes halogenated alkanes) is 11. The van der Waals surface area contributed by atoms with Crippen molar-refractivity contribution in [3.63, 3.8) is 0 Å². The smallest absolute Gasteiger partial charge is 0.326 e. The quantitative estimate of drug-likeness (QED) is 0.0214. The van der Waals surface area contributed by atoms with Crippen LogP contribution in [0.5, 0.6) is 0 Å². The molecule has 0 aromatic carbocycles. The number of carbonyl (C=O) groups excluding carboxylic acids is 2. The van der Waals surface area contributed by atoms with E-state index in [0.717, 1.165) is 57.8 Å². The molecular formula is C33H70N4O8S2. The van der Waals surface area contributed by atoms with Crippen LogP contribution in [0.15, 0.2) is 0 Å². The molecule has 0 spiro atoms. The molecule has 0 aliphatic rings. The van der Waals surface area contributed by atoms with Crippen molar-refractivity contribution in [2.75, 3.05) is 19.1 Å². The number of rotatable bonds is 26. The number of carbonyl (C=O) groups is 5. The zero-order chi connectivity index (χ0) is 37.3. The molecule has 0 bridgehead atoms. The maximum Gasteiger partial charge on any atom is 0.326 e. The third kappa shape index (κ3) is 46.1. The van der Waals surface area contributed by atoms with Crippen LogP contribution in [0, 0.1) is 0 Å². The Morgan fingerprint density at radius 2 is 1.00 bits per heavy atom. The van der Waals surface area contributed by atoms with Gasteiger partial charge in [-0.2, -0.15) is 25.3 Å². The Morgan fingerprint density at radius 1 is 0.574 bits per heavy atom. The standard InChI is InChI=1S/C25H46N4O8.C4H10.C2H6.2CH4S/c26-29-20(25(36)37)13-11-12-18-27-21(30)17-16-19(24(34)35)28-22(31)14-9-7-5-3-1-2-4-6-8-10-15-23(32)33;1-3-4-2;3*1-2/h19-20,29H,1-18,26H2,(H,27,30)(H,28,31)(H,32,33)(H,34,35)(H,36,37);3-4H2,1-2H3;1-2H3;2*2H,1H3. The van der Waals surface area contributed by atoms with Gasteiger partial charge < -0.3 is 26.0 Å². The van der Waals surface area contributed by atoms with Gasteiger partial charge in [0, 0.05) is 25.8 Å². The summed E-state index contributed by atoms with van der Waals surface area (Å²) in [5.74, 6) is 1.52. The Balaban J connectivity index is -0.000000523. The van der Waals surface area contributed by atoms with Crippen LogP contribution in [0.3, 0.4) is 0 Å². The van der Waals surface area contributed by atoms with E-state index in [2.05, 4.69) is 55.2 Å². The van der Waals surface area contributed by atoms with Crippen LogP contribution in [-0.4, -0.2) is 76.2 Å². The number of carboxylic acid groups (broad SMARTS) is 3. The number of nitrogens with one attached hydrogen (secondary N) is 3. The molecule has 2 atom stereocenters. The summed E-state index contributed by atoms with van der Waals surface area (Å²) in [4.78, 5) is 56.8. The molecule has 0 fully saturated rings. The first-order valence-corrected chi connectivity index (χ1v) is 19.0. The number of aliphatic carboxylic acids is 3. The summed E-state index contributed by atoms with van der Waals surface area (Å²) in [7, 11) is 0. The number of amides is 2. The lowest BCUT2D eigenvalue weighted by Gasteiger charge is -2.14. The molecule has 0 rings (SSSR count). The molecular weight excluding hydrogens is 645 g/mol. The Morgan fingerprint density at radius 3 is 1.38 bits per heavy atom. The number of nitrogens with two attached hydrogens (primary N) is 1. The molecule has 2 amide bonds. The predicted molar refractivity (Wildman–Crippen MR) is 199 cm³/mol. The van der Waals surface area contributed by atoms with Crippen LogP contribution in [-0.2, 0) is 24.0 Å². The van der Waals surface area contributed by atoms with Gasteiger partial charge >= 0.3 is 17.9 Å². The second kappa shape index (κ2) is 46.1. The Kier molecular flexibility index (Phi) is 53.4. The van der Waals surface area contributed by atoms with E-state index in [-0.39, 0.29) is 37.5 Å². The van der Waals surface area contributed by atoms with Gasteiger partial charge in [0.05, 0.1) is 0 Å². The lowest BCUT2D eigenvalue weighted by atomic mass is 10.0. The van der Waals surface area contributed by atoms with Gasteiger partial charge in [0.2, 0.25) is 11.8 Å². The number of carboxylic acids is 3. The molecule has 0 saturated heterocycles. The van der Waals surface area contributed by atoms with Gasteiger partial charge in [-0.3, -0.25) is 25.0 Å². The van der Waals surface area contributed by atoms with E-state index >= 15 is 0 Å². The van der Waals surface area contributed by atoms with Crippen LogP contribution < -0.4 is 21.9 Å². The Labute approximate surface area is 296 Å². The lowest BCUT2D eigenvalue weighted by molar-refractivity contribution is -0.142. The minimum absolute atomic E-state index is 0.0125. The number of hydrazine groups is 1. The summed E-state index contributed by atoms with van der Waals surface area (Å²) in [6, 6.07) is -1.96. The van der Waals surface area contributed by atoms with E-state index in [0.29, 0.717) is 32.2 Å². The lowest BCUT2D eigenvalue weighted by Crippen LogP contribution is -2.41.